The van der Waals surface area contributed by atoms with Crippen molar-refractivity contribution >= 4 is 5.91 Å². The van der Waals surface area contributed by atoms with Crippen molar-refractivity contribution < 1.29 is 4.79 Å². The maximum absolute atomic E-state index is 11.4. The minimum absolute atomic E-state index is 0.0415. The van der Waals surface area contributed by atoms with E-state index < -0.39 is 0 Å². The van der Waals surface area contributed by atoms with Gasteiger partial charge in [-0.05, 0) is 31.2 Å². The summed E-state index contributed by atoms with van der Waals surface area (Å²) >= 11 is 0. The Labute approximate surface area is 89.9 Å². The van der Waals surface area contributed by atoms with Crippen LogP contribution in [0.4, 0.5) is 0 Å². The Bertz CT molecular complexity index is 263. The molecule has 1 rings (SSSR count). The molecule has 0 unspecified atom stereocenters. The van der Waals surface area contributed by atoms with Crippen molar-refractivity contribution in [3.05, 3.63) is 10.4 Å². The lowest BCUT2D eigenvalue weighted by atomic mass is 9.91. The fourth-order valence-electron chi connectivity index (χ4n) is 1.78. The van der Waals surface area contributed by atoms with E-state index in [4.69, 9.17) is 5.53 Å². The summed E-state index contributed by atoms with van der Waals surface area (Å²) in [7, 11) is 0. The standard InChI is InChI=1S/C10H18N4O/c1-7(2)10(15)12-8-3-5-9(6-4-8)13-14-11/h7-9H,3-6H2,1-2H3,(H,12,15). The summed E-state index contributed by atoms with van der Waals surface area (Å²) in [6.45, 7) is 3.78. The number of nitrogens with one attached hydrogen (secondary N) is 1. The molecule has 1 fully saturated rings. The van der Waals surface area contributed by atoms with E-state index in [0.29, 0.717) is 0 Å². The summed E-state index contributed by atoms with van der Waals surface area (Å²) in [6.07, 6.45) is 3.60. The molecule has 1 N–H and O–H groups in total. The quantitative estimate of drug-likeness (QED) is 0.433. The maximum atomic E-state index is 11.4. The van der Waals surface area contributed by atoms with Gasteiger partial charge >= 0.3 is 0 Å². The van der Waals surface area contributed by atoms with E-state index in [1.54, 1.807) is 0 Å². The van der Waals surface area contributed by atoms with Gasteiger partial charge in [0.1, 0.15) is 0 Å². The number of azide groups is 1. The Morgan fingerprint density at radius 3 is 2.47 bits per heavy atom. The molecule has 0 aromatic carbocycles. The first-order chi connectivity index (χ1) is 7.13. The minimum atomic E-state index is 0.0415. The van der Waals surface area contributed by atoms with E-state index in [-0.39, 0.29) is 23.9 Å². The molecule has 0 saturated heterocycles. The van der Waals surface area contributed by atoms with Crippen LogP contribution in [0.2, 0.25) is 0 Å². The van der Waals surface area contributed by atoms with Crippen molar-refractivity contribution in [3.8, 4) is 0 Å². The first-order valence-electron chi connectivity index (χ1n) is 5.48. The zero-order valence-corrected chi connectivity index (χ0v) is 9.31. The number of nitrogens with zero attached hydrogens (tertiary/aromatic N) is 3. The van der Waals surface area contributed by atoms with Gasteiger partial charge in [0.05, 0.1) is 0 Å². The Balaban J connectivity index is 2.31. The largest absolute Gasteiger partial charge is 0.353 e. The normalized spacial score (nSPS) is 25.8. The molecule has 15 heavy (non-hydrogen) atoms. The summed E-state index contributed by atoms with van der Waals surface area (Å²) in [5.41, 5.74) is 8.29. The lowest BCUT2D eigenvalue weighted by Crippen LogP contribution is -2.40. The number of hydrogen-bond donors (Lipinski definition) is 1. The van der Waals surface area contributed by atoms with Crippen LogP contribution in [0, 0.1) is 5.92 Å². The Kier molecular flexibility index (Phi) is 4.43. The van der Waals surface area contributed by atoms with Crippen LogP contribution in [0.5, 0.6) is 0 Å². The fraction of sp³-hybridized carbons (Fsp3) is 0.900. The molecule has 0 aromatic heterocycles. The van der Waals surface area contributed by atoms with Crippen molar-refractivity contribution in [3.63, 3.8) is 0 Å². The molecule has 1 aliphatic carbocycles. The average molecular weight is 210 g/mol. The molecule has 84 valence electrons. The molecular weight excluding hydrogens is 192 g/mol. The number of hydrogen-bond acceptors (Lipinski definition) is 2. The Morgan fingerprint density at radius 2 is 2.00 bits per heavy atom. The molecule has 0 aliphatic heterocycles. The van der Waals surface area contributed by atoms with Gasteiger partial charge < -0.3 is 5.32 Å². The van der Waals surface area contributed by atoms with Crippen LogP contribution in [-0.2, 0) is 4.79 Å². The summed E-state index contributed by atoms with van der Waals surface area (Å²) in [5, 5.41) is 6.71. The molecule has 5 heteroatoms. The molecule has 1 aliphatic rings. The predicted molar refractivity (Wildman–Crippen MR) is 58.2 cm³/mol. The van der Waals surface area contributed by atoms with E-state index in [9.17, 15) is 4.79 Å². The average Bonchev–Trinajstić information content (AvgIpc) is 2.21. The molecule has 0 bridgehead atoms. The second-order valence-electron chi connectivity index (χ2n) is 4.37. The number of carbonyl (C=O) groups is 1. The van der Waals surface area contributed by atoms with Crippen LogP contribution < -0.4 is 5.32 Å². The van der Waals surface area contributed by atoms with E-state index in [1.807, 2.05) is 13.8 Å². The van der Waals surface area contributed by atoms with Gasteiger partial charge in [0.25, 0.3) is 0 Å². The third-order valence-electron chi connectivity index (χ3n) is 2.78. The minimum Gasteiger partial charge on any atom is -0.353 e. The zero-order valence-electron chi connectivity index (χ0n) is 9.31. The van der Waals surface area contributed by atoms with Gasteiger partial charge in [-0.3, -0.25) is 4.79 Å². The lowest BCUT2D eigenvalue weighted by molar-refractivity contribution is -0.124. The van der Waals surface area contributed by atoms with Crippen LogP contribution in [0.1, 0.15) is 39.5 Å². The lowest BCUT2D eigenvalue weighted by Gasteiger charge is -2.27. The fourth-order valence-corrected chi connectivity index (χ4v) is 1.78. The Hall–Kier alpha value is -1.22. The van der Waals surface area contributed by atoms with Crippen molar-refractivity contribution in [2.24, 2.45) is 11.0 Å². The monoisotopic (exact) mass is 210 g/mol. The Morgan fingerprint density at radius 1 is 1.40 bits per heavy atom. The summed E-state index contributed by atoms with van der Waals surface area (Å²) in [5.74, 6) is 0.155. The predicted octanol–water partition coefficient (Wildman–Crippen LogP) is 2.38. The number of carbonyl (C=O) groups excluding carboxylic acids is 1. The third-order valence-corrected chi connectivity index (χ3v) is 2.78. The molecule has 0 atom stereocenters. The van der Waals surface area contributed by atoms with Crippen LogP contribution >= 0.6 is 0 Å². The topological polar surface area (TPSA) is 77.9 Å². The van der Waals surface area contributed by atoms with E-state index in [1.165, 1.54) is 0 Å². The van der Waals surface area contributed by atoms with E-state index in [2.05, 4.69) is 15.3 Å². The molecule has 5 nitrogen and oxygen atoms in total. The van der Waals surface area contributed by atoms with Crippen LogP contribution in [0.15, 0.2) is 5.11 Å². The smallest absolute Gasteiger partial charge is 0.222 e. The van der Waals surface area contributed by atoms with E-state index >= 15 is 0 Å². The first kappa shape index (κ1) is 11.9. The van der Waals surface area contributed by atoms with Gasteiger partial charge in [0, 0.05) is 22.9 Å². The summed E-state index contributed by atoms with van der Waals surface area (Å²) < 4.78 is 0. The highest BCUT2D eigenvalue weighted by atomic mass is 16.1. The molecule has 0 radical (unpaired) electrons. The van der Waals surface area contributed by atoms with Crippen LogP contribution in [0.25, 0.3) is 10.4 Å². The maximum Gasteiger partial charge on any atom is 0.222 e. The van der Waals surface area contributed by atoms with Crippen molar-refractivity contribution in [1.29, 1.82) is 0 Å². The van der Waals surface area contributed by atoms with E-state index in [0.717, 1.165) is 25.7 Å². The van der Waals surface area contributed by atoms with Gasteiger partial charge in [-0.15, -0.1) is 0 Å². The highest BCUT2D eigenvalue weighted by molar-refractivity contribution is 5.78. The molecule has 1 saturated carbocycles. The molecule has 0 spiro atoms. The third kappa shape index (κ3) is 3.80. The van der Waals surface area contributed by atoms with Crippen LogP contribution in [-0.4, -0.2) is 18.0 Å². The number of rotatable bonds is 3. The van der Waals surface area contributed by atoms with Crippen molar-refractivity contribution in [2.45, 2.75) is 51.6 Å². The highest BCUT2D eigenvalue weighted by Gasteiger charge is 2.22. The molecule has 0 heterocycles. The second-order valence-corrected chi connectivity index (χ2v) is 4.37. The summed E-state index contributed by atoms with van der Waals surface area (Å²) in [4.78, 5) is 14.2. The molecule has 1 amide bonds. The SMILES string of the molecule is CC(C)C(=O)NC1CCC(N=[N+]=[N-])CC1. The van der Waals surface area contributed by atoms with Crippen molar-refractivity contribution in [1.82, 2.24) is 5.32 Å². The highest BCUT2D eigenvalue weighted by Crippen LogP contribution is 2.21. The van der Waals surface area contributed by atoms with Gasteiger partial charge in [0.2, 0.25) is 5.91 Å². The second kappa shape index (κ2) is 5.61. The molecule has 0 aromatic rings. The van der Waals surface area contributed by atoms with Crippen LogP contribution in [0.3, 0.4) is 0 Å². The zero-order chi connectivity index (χ0) is 11.3. The van der Waals surface area contributed by atoms with Gasteiger partial charge in [0.15, 0.2) is 0 Å². The first-order valence-corrected chi connectivity index (χ1v) is 5.48. The van der Waals surface area contributed by atoms with Gasteiger partial charge in [-0.2, -0.15) is 0 Å². The number of amides is 1. The van der Waals surface area contributed by atoms with Gasteiger partial charge in [-0.25, -0.2) is 0 Å². The van der Waals surface area contributed by atoms with Crippen molar-refractivity contribution in [2.75, 3.05) is 0 Å². The molecular formula is C10H18N4O. The summed E-state index contributed by atoms with van der Waals surface area (Å²) in [6, 6.07) is 0.396. The van der Waals surface area contributed by atoms with Gasteiger partial charge in [-0.1, -0.05) is 19.0 Å².